The number of hydrogen-bond donors (Lipinski definition) is 1. The number of imide groups is 1. The minimum atomic E-state index is -0.833. The molecule has 1 N–H and O–H groups in total. The van der Waals surface area contributed by atoms with Crippen LogP contribution in [0.1, 0.15) is 45.7 Å². The zero-order valence-electron chi connectivity index (χ0n) is 13.8. The van der Waals surface area contributed by atoms with Gasteiger partial charge < -0.3 is 10.1 Å². The first-order chi connectivity index (χ1) is 10.7. The first-order valence-electron chi connectivity index (χ1n) is 7.59. The van der Waals surface area contributed by atoms with Gasteiger partial charge in [-0.3, -0.25) is 14.5 Å². The lowest BCUT2D eigenvalue weighted by Crippen LogP contribution is -2.56. The van der Waals surface area contributed by atoms with E-state index in [1.54, 1.807) is 27.7 Å². The van der Waals surface area contributed by atoms with Gasteiger partial charge in [0.05, 0.1) is 12.5 Å². The van der Waals surface area contributed by atoms with Gasteiger partial charge in [-0.15, -0.1) is 0 Å². The normalized spacial score (nSPS) is 18.9. The van der Waals surface area contributed by atoms with Gasteiger partial charge in [0.2, 0.25) is 5.91 Å². The fourth-order valence-electron chi connectivity index (χ4n) is 2.39. The number of alkyl carbamates (subject to hydrolysis) is 1. The number of carbonyl (C=O) groups is 3. The molecule has 1 unspecified atom stereocenters. The molecule has 1 heterocycles. The molecule has 124 valence electrons. The average Bonchev–Trinajstić information content (AvgIpc) is 2.43. The molecule has 6 nitrogen and oxygen atoms in total. The third-order valence-corrected chi connectivity index (χ3v) is 3.47. The van der Waals surface area contributed by atoms with Crippen LogP contribution in [0.5, 0.6) is 0 Å². The summed E-state index contributed by atoms with van der Waals surface area (Å²) in [6.45, 7) is 6.76. The number of nitrogens with one attached hydrogen (secondary N) is 1. The number of rotatable bonds is 3. The lowest BCUT2D eigenvalue weighted by Gasteiger charge is -2.40. The SMILES string of the molecule is C[C@H](NC(=O)OC(C)(C)C)C(=O)N1C(=O)CC1c1ccccc1. The molecule has 1 aromatic carbocycles. The molecule has 1 aliphatic heterocycles. The van der Waals surface area contributed by atoms with E-state index in [-0.39, 0.29) is 11.9 Å². The Hall–Kier alpha value is -2.37. The molecule has 6 heteroatoms. The second-order valence-electron chi connectivity index (χ2n) is 6.60. The lowest BCUT2D eigenvalue weighted by atomic mass is 9.93. The Morgan fingerprint density at radius 1 is 1.26 bits per heavy atom. The topological polar surface area (TPSA) is 75.7 Å². The molecule has 2 atom stereocenters. The maximum Gasteiger partial charge on any atom is 0.408 e. The second kappa shape index (κ2) is 6.40. The molecule has 3 amide bonds. The van der Waals surface area contributed by atoms with Gasteiger partial charge in [0.1, 0.15) is 11.6 Å². The lowest BCUT2D eigenvalue weighted by molar-refractivity contribution is -0.159. The number of amides is 3. The number of ether oxygens (including phenoxy) is 1. The summed E-state index contributed by atoms with van der Waals surface area (Å²) in [4.78, 5) is 37.2. The van der Waals surface area contributed by atoms with Gasteiger partial charge in [-0.1, -0.05) is 30.3 Å². The van der Waals surface area contributed by atoms with E-state index in [9.17, 15) is 14.4 Å². The molecule has 0 aromatic heterocycles. The van der Waals surface area contributed by atoms with E-state index < -0.39 is 23.6 Å². The van der Waals surface area contributed by atoms with E-state index >= 15 is 0 Å². The smallest absolute Gasteiger partial charge is 0.408 e. The molecule has 0 saturated carbocycles. The van der Waals surface area contributed by atoms with Crippen molar-refractivity contribution >= 4 is 17.9 Å². The van der Waals surface area contributed by atoms with Gasteiger partial charge in [0, 0.05) is 0 Å². The van der Waals surface area contributed by atoms with E-state index in [4.69, 9.17) is 4.74 Å². The summed E-state index contributed by atoms with van der Waals surface area (Å²) in [5.74, 6) is -0.664. The molecule has 1 saturated heterocycles. The fourth-order valence-corrected chi connectivity index (χ4v) is 2.39. The third kappa shape index (κ3) is 4.09. The Balaban J connectivity index is 2.01. The van der Waals surface area contributed by atoms with Crippen molar-refractivity contribution in [1.29, 1.82) is 0 Å². The first-order valence-corrected chi connectivity index (χ1v) is 7.59. The average molecular weight is 318 g/mol. The molecule has 1 fully saturated rings. The van der Waals surface area contributed by atoms with Crippen molar-refractivity contribution < 1.29 is 19.1 Å². The summed E-state index contributed by atoms with van der Waals surface area (Å²) in [6.07, 6.45) is -0.378. The van der Waals surface area contributed by atoms with Crippen LogP contribution in [0.4, 0.5) is 4.79 Å². The van der Waals surface area contributed by atoms with E-state index in [0.29, 0.717) is 6.42 Å². The van der Waals surface area contributed by atoms with E-state index in [2.05, 4.69) is 5.32 Å². The summed E-state index contributed by atoms with van der Waals surface area (Å²) in [5, 5.41) is 2.47. The van der Waals surface area contributed by atoms with E-state index in [1.165, 1.54) is 4.90 Å². The van der Waals surface area contributed by atoms with Gasteiger partial charge in [-0.05, 0) is 33.3 Å². The quantitative estimate of drug-likeness (QED) is 0.868. The molecule has 0 bridgehead atoms. The summed E-state index contributed by atoms with van der Waals surface area (Å²) in [5.41, 5.74) is 0.261. The van der Waals surface area contributed by atoms with Gasteiger partial charge >= 0.3 is 6.09 Å². The highest BCUT2D eigenvalue weighted by molar-refractivity contribution is 6.03. The summed E-state index contributed by atoms with van der Waals surface area (Å²) in [6, 6.07) is 8.27. The van der Waals surface area contributed by atoms with Crippen LogP contribution in [0.25, 0.3) is 0 Å². The number of benzene rings is 1. The van der Waals surface area contributed by atoms with Crippen LogP contribution in [-0.4, -0.2) is 34.5 Å². The molecule has 1 aliphatic rings. The van der Waals surface area contributed by atoms with Crippen molar-refractivity contribution in [2.75, 3.05) is 0 Å². The van der Waals surface area contributed by atoms with Crippen LogP contribution in [0.15, 0.2) is 30.3 Å². The number of β-lactam (4-membered cyclic amide) rings is 1. The molecule has 0 aliphatic carbocycles. The van der Waals surface area contributed by atoms with Crippen LogP contribution in [0.3, 0.4) is 0 Å². The van der Waals surface area contributed by atoms with Crippen LogP contribution >= 0.6 is 0 Å². The zero-order valence-corrected chi connectivity index (χ0v) is 13.8. The number of likely N-dealkylation sites (tertiary alicyclic amines) is 1. The van der Waals surface area contributed by atoms with Crippen LogP contribution in [-0.2, 0) is 14.3 Å². The van der Waals surface area contributed by atoms with Crippen LogP contribution in [0, 0.1) is 0 Å². The van der Waals surface area contributed by atoms with Crippen molar-refractivity contribution in [1.82, 2.24) is 10.2 Å². The Morgan fingerprint density at radius 3 is 2.39 bits per heavy atom. The minimum absolute atomic E-state index is 0.235. The molecule has 0 radical (unpaired) electrons. The van der Waals surface area contributed by atoms with Gasteiger partial charge in [-0.25, -0.2) is 4.79 Å². The predicted molar refractivity (Wildman–Crippen MR) is 84.5 cm³/mol. The summed E-state index contributed by atoms with van der Waals surface area (Å²) in [7, 11) is 0. The maximum atomic E-state index is 12.5. The van der Waals surface area contributed by atoms with Crippen molar-refractivity contribution in [3.8, 4) is 0 Å². The van der Waals surface area contributed by atoms with Crippen molar-refractivity contribution in [3.63, 3.8) is 0 Å². The summed E-state index contributed by atoms with van der Waals surface area (Å²) < 4.78 is 5.12. The molecule has 2 rings (SSSR count). The van der Waals surface area contributed by atoms with Crippen LogP contribution < -0.4 is 5.32 Å². The Bertz CT molecular complexity index is 607. The number of carbonyl (C=O) groups excluding carboxylic acids is 3. The fraction of sp³-hybridized carbons (Fsp3) is 0.471. The Labute approximate surface area is 135 Å². The largest absolute Gasteiger partial charge is 0.444 e. The van der Waals surface area contributed by atoms with E-state index in [0.717, 1.165) is 5.56 Å². The molecular weight excluding hydrogens is 296 g/mol. The van der Waals surface area contributed by atoms with Gasteiger partial charge in [0.15, 0.2) is 0 Å². The van der Waals surface area contributed by atoms with Crippen molar-refractivity contribution in [2.45, 2.75) is 51.8 Å². The summed E-state index contributed by atoms with van der Waals surface area (Å²) >= 11 is 0. The van der Waals surface area contributed by atoms with Crippen LogP contribution in [0.2, 0.25) is 0 Å². The Morgan fingerprint density at radius 2 is 1.87 bits per heavy atom. The highest BCUT2D eigenvalue weighted by Crippen LogP contribution is 2.34. The number of nitrogens with zero attached hydrogens (tertiary/aromatic N) is 1. The predicted octanol–water partition coefficient (Wildman–Crippen LogP) is 2.40. The highest BCUT2D eigenvalue weighted by atomic mass is 16.6. The standard InChI is InChI=1S/C17H22N2O4/c1-11(18-16(22)23-17(2,3)4)15(21)19-13(10-14(19)20)12-8-6-5-7-9-12/h5-9,11,13H,10H2,1-4H3,(H,18,22)/t11-,13?/m0/s1. The van der Waals surface area contributed by atoms with E-state index in [1.807, 2.05) is 30.3 Å². The highest BCUT2D eigenvalue weighted by Gasteiger charge is 2.43. The molecular formula is C17H22N2O4. The first kappa shape index (κ1) is 17.0. The van der Waals surface area contributed by atoms with Crippen molar-refractivity contribution in [3.05, 3.63) is 35.9 Å². The third-order valence-electron chi connectivity index (χ3n) is 3.47. The Kier molecular flexibility index (Phi) is 4.73. The molecule has 23 heavy (non-hydrogen) atoms. The zero-order chi connectivity index (χ0) is 17.2. The van der Waals surface area contributed by atoms with Gasteiger partial charge in [-0.2, -0.15) is 0 Å². The maximum absolute atomic E-state index is 12.5. The molecule has 0 spiro atoms. The monoisotopic (exact) mass is 318 g/mol. The minimum Gasteiger partial charge on any atom is -0.444 e. The van der Waals surface area contributed by atoms with Crippen molar-refractivity contribution in [2.24, 2.45) is 0 Å². The second-order valence-corrected chi connectivity index (χ2v) is 6.60. The van der Waals surface area contributed by atoms with Gasteiger partial charge in [0.25, 0.3) is 5.91 Å². The molecule has 1 aromatic rings. The number of hydrogen-bond acceptors (Lipinski definition) is 4.